The maximum Gasteiger partial charge on any atom is 0.250 e. The number of pyridine rings is 3. The number of nitrogens with zero attached hydrogens (tertiary/aromatic N) is 8. The molecule has 4 bridgehead atoms. The second-order valence-electron chi connectivity index (χ2n) is 12.6. The van der Waals surface area contributed by atoms with Crippen molar-refractivity contribution in [1.29, 1.82) is 10.5 Å². The van der Waals surface area contributed by atoms with Crippen molar-refractivity contribution in [3.8, 4) is 34.9 Å². The molecule has 4 aromatic rings. The molecule has 10 rings (SSSR count). The molecule has 6 aliphatic rings. The number of piperazine rings is 1. The van der Waals surface area contributed by atoms with Crippen LogP contribution in [0.3, 0.4) is 0 Å². The van der Waals surface area contributed by atoms with E-state index in [0.29, 0.717) is 36.5 Å². The molecule has 43 heavy (non-hydrogen) atoms. The minimum Gasteiger partial charge on any atom is -0.491 e. The molecular formula is C32H29FN8O2. The molecule has 3 saturated heterocycles. The van der Waals surface area contributed by atoms with Gasteiger partial charge in [-0.15, -0.1) is 0 Å². The Morgan fingerprint density at radius 2 is 1.88 bits per heavy atom. The molecule has 0 aromatic carbocycles. The lowest BCUT2D eigenvalue weighted by Crippen LogP contribution is -2.68. The molecule has 0 spiro atoms. The zero-order valence-corrected chi connectivity index (χ0v) is 23.7. The monoisotopic (exact) mass is 576 g/mol. The van der Waals surface area contributed by atoms with E-state index in [1.807, 2.05) is 30.6 Å². The van der Waals surface area contributed by atoms with Gasteiger partial charge in [0.1, 0.15) is 17.6 Å². The smallest absolute Gasteiger partial charge is 0.250 e. The molecule has 10 nitrogen and oxygen atoms in total. The summed E-state index contributed by atoms with van der Waals surface area (Å²) in [5, 5.41) is 23.5. The lowest BCUT2D eigenvalue weighted by molar-refractivity contribution is -0.181. The van der Waals surface area contributed by atoms with E-state index < -0.39 is 5.82 Å². The number of anilines is 1. The topological polar surface area (TPSA) is 116 Å². The van der Waals surface area contributed by atoms with E-state index in [9.17, 15) is 14.9 Å². The first-order valence-corrected chi connectivity index (χ1v) is 14.5. The van der Waals surface area contributed by atoms with Crippen LogP contribution in [0, 0.1) is 39.3 Å². The van der Waals surface area contributed by atoms with Gasteiger partial charge in [0, 0.05) is 60.7 Å². The van der Waals surface area contributed by atoms with Crippen molar-refractivity contribution in [3.05, 3.63) is 66.0 Å². The van der Waals surface area contributed by atoms with Crippen LogP contribution in [-0.2, 0) is 6.54 Å². The molecule has 3 aliphatic carbocycles. The second-order valence-corrected chi connectivity index (χ2v) is 12.6. The van der Waals surface area contributed by atoms with E-state index in [2.05, 4.69) is 32.0 Å². The molecule has 0 amide bonds. The van der Waals surface area contributed by atoms with Gasteiger partial charge in [-0.1, -0.05) is 0 Å². The Kier molecular flexibility index (Phi) is 5.66. The number of methoxy groups -OCH3 is 1. The Morgan fingerprint density at radius 3 is 2.56 bits per heavy atom. The summed E-state index contributed by atoms with van der Waals surface area (Å²) in [6.45, 7) is 2.92. The molecule has 2 atom stereocenters. The Balaban J connectivity index is 0.983. The Morgan fingerprint density at radius 1 is 1.07 bits per heavy atom. The summed E-state index contributed by atoms with van der Waals surface area (Å²) in [6, 6.07) is 13.0. The van der Waals surface area contributed by atoms with Gasteiger partial charge in [0.05, 0.1) is 48.7 Å². The molecule has 3 saturated carbocycles. The summed E-state index contributed by atoms with van der Waals surface area (Å²) in [5.74, 6) is 1.16. The highest BCUT2D eigenvalue weighted by atomic mass is 19.1. The molecule has 2 unspecified atom stereocenters. The predicted molar refractivity (Wildman–Crippen MR) is 154 cm³/mol. The van der Waals surface area contributed by atoms with Crippen molar-refractivity contribution in [2.24, 2.45) is 10.8 Å². The average Bonchev–Trinajstić information content (AvgIpc) is 3.42. The average molecular weight is 577 g/mol. The van der Waals surface area contributed by atoms with Gasteiger partial charge < -0.3 is 14.4 Å². The number of rotatable bonds is 8. The number of halogens is 1. The van der Waals surface area contributed by atoms with Crippen molar-refractivity contribution in [1.82, 2.24) is 24.5 Å². The van der Waals surface area contributed by atoms with Crippen LogP contribution in [0.2, 0.25) is 0 Å². The van der Waals surface area contributed by atoms with Gasteiger partial charge in [0.2, 0.25) is 5.88 Å². The van der Waals surface area contributed by atoms with E-state index in [4.69, 9.17) is 14.5 Å². The van der Waals surface area contributed by atoms with Crippen LogP contribution in [0.15, 0.2) is 49.1 Å². The van der Waals surface area contributed by atoms with E-state index in [1.165, 1.54) is 13.2 Å². The number of piperidine rings is 1. The van der Waals surface area contributed by atoms with Gasteiger partial charge in [-0.25, -0.2) is 18.9 Å². The maximum atomic E-state index is 14.2. The number of aromatic nitrogens is 4. The minimum atomic E-state index is -0.438. The summed E-state index contributed by atoms with van der Waals surface area (Å²) in [5.41, 5.74) is 3.77. The van der Waals surface area contributed by atoms with Crippen LogP contribution in [0.25, 0.3) is 16.6 Å². The predicted octanol–water partition coefficient (Wildman–Crippen LogP) is 4.35. The third kappa shape index (κ3) is 4.10. The fraction of sp³-hybridized carbons (Fsp3) is 0.406. The summed E-state index contributed by atoms with van der Waals surface area (Å²) in [7, 11) is 1.42. The molecule has 11 heteroatoms. The van der Waals surface area contributed by atoms with E-state index in [0.717, 1.165) is 66.8 Å². The number of fused-ring (bicyclic) bond motifs is 3. The van der Waals surface area contributed by atoms with Crippen LogP contribution in [-0.4, -0.2) is 63.4 Å². The van der Waals surface area contributed by atoms with Crippen LogP contribution in [0.1, 0.15) is 36.8 Å². The normalized spacial score (nSPS) is 26.9. The largest absolute Gasteiger partial charge is 0.491 e. The quantitative estimate of drug-likeness (QED) is 0.302. The minimum absolute atomic E-state index is 0.0181. The molecule has 0 radical (unpaired) electrons. The highest BCUT2D eigenvalue weighted by Gasteiger charge is 2.68. The fourth-order valence-electron chi connectivity index (χ4n) is 7.76. The molecule has 6 fully saturated rings. The van der Waals surface area contributed by atoms with Gasteiger partial charge in [-0.05, 0) is 55.5 Å². The molecule has 3 aliphatic heterocycles. The molecule has 4 aromatic heterocycles. The Labute approximate surface area is 247 Å². The Hall–Kier alpha value is -4.74. The van der Waals surface area contributed by atoms with Gasteiger partial charge in [-0.2, -0.15) is 15.6 Å². The summed E-state index contributed by atoms with van der Waals surface area (Å²) in [4.78, 5) is 13.6. The van der Waals surface area contributed by atoms with E-state index in [1.54, 1.807) is 16.9 Å². The first kappa shape index (κ1) is 25.9. The van der Waals surface area contributed by atoms with Crippen molar-refractivity contribution in [3.63, 3.8) is 0 Å². The molecule has 0 N–H and O–H groups in total. The molecular weight excluding hydrogens is 547 g/mol. The highest BCUT2D eigenvalue weighted by Crippen LogP contribution is 2.72. The third-order valence-corrected chi connectivity index (χ3v) is 9.78. The summed E-state index contributed by atoms with van der Waals surface area (Å²) >= 11 is 0. The lowest BCUT2D eigenvalue weighted by atomic mass is 9.36. The zero-order valence-electron chi connectivity index (χ0n) is 23.7. The standard InChI is InChI=1S/C32H29FN8O2/c1-42-30-27(33)4-20(8-37-30)11-40-23-5-24(40)13-39(12-23)28-3-2-21(9-36-28)26-6-25(14-41-29(26)22(7-34)10-38-41)43-19-32-15-31(16-32,17-32)18-35/h2-4,6,8-10,14,23-24H,5,11-13,15-17,19H2,1H3. The van der Waals surface area contributed by atoms with Crippen molar-refractivity contribution < 1.29 is 13.9 Å². The van der Waals surface area contributed by atoms with Crippen molar-refractivity contribution in [2.75, 3.05) is 31.7 Å². The fourth-order valence-corrected chi connectivity index (χ4v) is 7.76. The van der Waals surface area contributed by atoms with E-state index >= 15 is 0 Å². The third-order valence-electron chi connectivity index (χ3n) is 9.78. The SMILES string of the molecule is COc1ncc(CN2C3CC2CN(c2ccc(-c4cc(OCC56CC(C#N)(C5)C6)cn5ncc(C#N)c45)cn2)C3)cc1F. The molecule has 7 heterocycles. The maximum absolute atomic E-state index is 14.2. The van der Waals surface area contributed by atoms with Gasteiger partial charge in [-0.3, -0.25) is 4.90 Å². The van der Waals surface area contributed by atoms with Crippen LogP contribution in [0.5, 0.6) is 11.6 Å². The molecule has 216 valence electrons. The van der Waals surface area contributed by atoms with Crippen molar-refractivity contribution in [2.45, 2.75) is 44.3 Å². The van der Waals surface area contributed by atoms with Gasteiger partial charge >= 0.3 is 0 Å². The first-order valence-electron chi connectivity index (χ1n) is 14.5. The summed E-state index contributed by atoms with van der Waals surface area (Å²) in [6.07, 6.45) is 10.8. The van der Waals surface area contributed by atoms with Crippen LogP contribution < -0.4 is 14.4 Å². The van der Waals surface area contributed by atoms with Crippen LogP contribution in [0.4, 0.5) is 10.2 Å². The van der Waals surface area contributed by atoms with Gasteiger partial charge in [0.25, 0.3) is 0 Å². The highest BCUT2D eigenvalue weighted by molar-refractivity contribution is 5.85. The Bertz CT molecular complexity index is 1810. The number of nitriles is 2. The second kappa shape index (κ2) is 9.38. The lowest BCUT2D eigenvalue weighted by Gasteiger charge is -2.66. The summed E-state index contributed by atoms with van der Waals surface area (Å²) < 4.78 is 27.0. The van der Waals surface area contributed by atoms with E-state index in [-0.39, 0.29) is 16.7 Å². The van der Waals surface area contributed by atoms with Gasteiger partial charge in [0.15, 0.2) is 5.82 Å². The number of hydrogen-bond donors (Lipinski definition) is 0. The van der Waals surface area contributed by atoms with Crippen molar-refractivity contribution >= 4 is 11.3 Å². The zero-order chi connectivity index (χ0) is 29.3. The number of ether oxygens (including phenoxy) is 2. The number of hydrogen-bond acceptors (Lipinski definition) is 9. The van der Waals surface area contributed by atoms with Crippen LogP contribution >= 0.6 is 0 Å². The first-order chi connectivity index (χ1) is 20.9.